The van der Waals surface area contributed by atoms with Gasteiger partial charge in [0.2, 0.25) is 0 Å². The van der Waals surface area contributed by atoms with Crippen molar-refractivity contribution in [2.45, 2.75) is 12.3 Å². The van der Waals surface area contributed by atoms with E-state index in [1.807, 2.05) is 24.3 Å². The summed E-state index contributed by atoms with van der Waals surface area (Å²) in [4.78, 5) is 23.6. The second kappa shape index (κ2) is 4.42. The van der Waals surface area contributed by atoms with E-state index in [1.165, 1.54) is 25.4 Å². The fourth-order valence-electron chi connectivity index (χ4n) is 1.73. The SMILES string of the molecule is COC(=O)C(C)(C(=O)O)c1cc2ccccc2s1. The van der Waals surface area contributed by atoms with E-state index in [4.69, 9.17) is 0 Å². The molecule has 1 atom stereocenters. The first-order chi connectivity index (χ1) is 8.50. The molecule has 1 heterocycles. The van der Waals surface area contributed by atoms with Gasteiger partial charge in [-0.25, -0.2) is 0 Å². The lowest BCUT2D eigenvalue weighted by atomic mass is 9.89. The monoisotopic (exact) mass is 264 g/mol. The second-order valence-electron chi connectivity index (χ2n) is 4.07. The van der Waals surface area contributed by atoms with E-state index >= 15 is 0 Å². The summed E-state index contributed by atoms with van der Waals surface area (Å²) < 4.78 is 5.56. The fourth-order valence-corrected chi connectivity index (χ4v) is 2.91. The molecule has 0 spiro atoms. The lowest BCUT2D eigenvalue weighted by Crippen LogP contribution is -2.41. The molecule has 4 nitrogen and oxygen atoms in total. The Morgan fingerprint density at radius 1 is 1.33 bits per heavy atom. The number of hydrogen-bond donors (Lipinski definition) is 1. The van der Waals surface area contributed by atoms with Gasteiger partial charge in [-0.3, -0.25) is 9.59 Å². The highest BCUT2D eigenvalue weighted by atomic mass is 32.1. The van der Waals surface area contributed by atoms with Gasteiger partial charge in [0.15, 0.2) is 5.41 Å². The molecule has 0 saturated carbocycles. The van der Waals surface area contributed by atoms with E-state index in [2.05, 4.69) is 4.74 Å². The molecule has 94 valence electrons. The average molecular weight is 264 g/mol. The number of benzene rings is 1. The van der Waals surface area contributed by atoms with Gasteiger partial charge in [0.05, 0.1) is 7.11 Å². The molecule has 0 amide bonds. The molecule has 1 aromatic carbocycles. The van der Waals surface area contributed by atoms with Crippen LogP contribution in [0.4, 0.5) is 0 Å². The maximum absolute atomic E-state index is 11.8. The molecule has 1 N–H and O–H groups in total. The predicted molar refractivity (Wildman–Crippen MR) is 68.8 cm³/mol. The summed E-state index contributed by atoms with van der Waals surface area (Å²) in [6.45, 7) is 1.37. The van der Waals surface area contributed by atoms with Crippen molar-refractivity contribution in [3.8, 4) is 0 Å². The smallest absolute Gasteiger partial charge is 0.328 e. The van der Waals surface area contributed by atoms with Crippen LogP contribution in [0, 0.1) is 0 Å². The van der Waals surface area contributed by atoms with E-state index in [0.29, 0.717) is 4.88 Å². The maximum Gasteiger partial charge on any atom is 0.328 e. The number of methoxy groups -OCH3 is 1. The largest absolute Gasteiger partial charge is 0.480 e. The molecule has 0 bridgehead atoms. The third-order valence-corrected chi connectivity index (χ3v) is 4.28. The summed E-state index contributed by atoms with van der Waals surface area (Å²) in [7, 11) is 1.19. The van der Waals surface area contributed by atoms with Crippen LogP contribution in [0.3, 0.4) is 0 Å². The van der Waals surface area contributed by atoms with Gasteiger partial charge >= 0.3 is 11.9 Å². The zero-order valence-electron chi connectivity index (χ0n) is 9.97. The minimum Gasteiger partial charge on any atom is -0.480 e. The summed E-state index contributed by atoms with van der Waals surface area (Å²) in [6, 6.07) is 9.25. The van der Waals surface area contributed by atoms with Crippen molar-refractivity contribution in [3.63, 3.8) is 0 Å². The van der Waals surface area contributed by atoms with Gasteiger partial charge in [0, 0.05) is 9.58 Å². The van der Waals surface area contributed by atoms with Crippen LogP contribution in [0.1, 0.15) is 11.8 Å². The minimum absolute atomic E-state index is 0.475. The van der Waals surface area contributed by atoms with Crippen molar-refractivity contribution in [1.82, 2.24) is 0 Å². The number of ether oxygens (including phenoxy) is 1. The Hall–Kier alpha value is -1.88. The van der Waals surface area contributed by atoms with Crippen molar-refractivity contribution >= 4 is 33.4 Å². The Kier molecular flexibility index (Phi) is 3.09. The molecule has 2 aromatic rings. The molecule has 5 heteroatoms. The van der Waals surface area contributed by atoms with Crippen molar-refractivity contribution in [3.05, 3.63) is 35.2 Å². The van der Waals surface area contributed by atoms with E-state index < -0.39 is 17.4 Å². The van der Waals surface area contributed by atoms with Crippen LogP contribution in [0.2, 0.25) is 0 Å². The van der Waals surface area contributed by atoms with Gasteiger partial charge < -0.3 is 9.84 Å². The van der Waals surface area contributed by atoms with Crippen LogP contribution in [-0.4, -0.2) is 24.2 Å². The Morgan fingerprint density at radius 2 is 2.00 bits per heavy atom. The Balaban J connectivity index is 2.62. The van der Waals surface area contributed by atoms with Crippen molar-refractivity contribution in [1.29, 1.82) is 0 Å². The van der Waals surface area contributed by atoms with Gasteiger partial charge in [-0.05, 0) is 24.4 Å². The zero-order valence-corrected chi connectivity index (χ0v) is 10.8. The van der Waals surface area contributed by atoms with Gasteiger partial charge in [-0.1, -0.05) is 18.2 Å². The molecule has 1 unspecified atom stereocenters. The number of carbonyl (C=O) groups excluding carboxylic acids is 1. The van der Waals surface area contributed by atoms with E-state index in [1.54, 1.807) is 6.07 Å². The van der Waals surface area contributed by atoms with Crippen LogP contribution < -0.4 is 0 Å². The lowest BCUT2D eigenvalue weighted by molar-refractivity contribution is -0.158. The zero-order chi connectivity index (χ0) is 13.3. The second-order valence-corrected chi connectivity index (χ2v) is 5.15. The van der Waals surface area contributed by atoms with E-state index in [9.17, 15) is 14.7 Å². The number of carboxylic acids is 1. The highest BCUT2D eigenvalue weighted by molar-refractivity contribution is 7.19. The summed E-state index contributed by atoms with van der Waals surface area (Å²) in [5.74, 6) is -1.97. The molecule has 0 aliphatic carbocycles. The van der Waals surface area contributed by atoms with Gasteiger partial charge in [0.25, 0.3) is 0 Å². The topological polar surface area (TPSA) is 63.6 Å². The standard InChI is InChI=1S/C13H12O4S/c1-13(11(14)15,12(16)17-2)10-7-8-5-3-4-6-9(8)18-10/h3-7H,1-2H3,(H,14,15). The van der Waals surface area contributed by atoms with Gasteiger partial charge in [-0.2, -0.15) is 0 Å². The van der Waals surface area contributed by atoms with Crippen LogP contribution in [0.25, 0.3) is 10.1 Å². The summed E-state index contributed by atoms with van der Waals surface area (Å²) in [6.07, 6.45) is 0. The number of fused-ring (bicyclic) bond motifs is 1. The first-order valence-electron chi connectivity index (χ1n) is 5.31. The summed E-state index contributed by atoms with van der Waals surface area (Å²) in [5, 5.41) is 10.2. The maximum atomic E-state index is 11.8. The number of esters is 1. The third kappa shape index (κ3) is 1.76. The Bertz CT molecular complexity index is 583. The fraction of sp³-hybridized carbons (Fsp3) is 0.231. The molecule has 0 radical (unpaired) electrons. The number of thiophene rings is 1. The molecule has 0 aliphatic heterocycles. The first kappa shape index (κ1) is 12.6. The van der Waals surface area contributed by atoms with E-state index in [0.717, 1.165) is 10.1 Å². The minimum atomic E-state index is -1.65. The van der Waals surface area contributed by atoms with Crippen molar-refractivity contribution in [2.75, 3.05) is 7.11 Å². The third-order valence-electron chi connectivity index (χ3n) is 2.94. The molecule has 1 aromatic heterocycles. The molecule has 18 heavy (non-hydrogen) atoms. The van der Waals surface area contributed by atoms with Crippen LogP contribution in [0.5, 0.6) is 0 Å². The van der Waals surface area contributed by atoms with Crippen LogP contribution >= 0.6 is 11.3 Å². The van der Waals surface area contributed by atoms with E-state index in [-0.39, 0.29) is 0 Å². The lowest BCUT2D eigenvalue weighted by Gasteiger charge is -2.19. The quantitative estimate of drug-likeness (QED) is 0.683. The highest BCUT2D eigenvalue weighted by Gasteiger charge is 2.45. The average Bonchev–Trinajstić information content (AvgIpc) is 2.80. The molecule has 0 saturated heterocycles. The number of carbonyl (C=O) groups is 2. The molecule has 2 rings (SSSR count). The molecular formula is C13H12O4S. The van der Waals surface area contributed by atoms with Crippen LogP contribution in [-0.2, 0) is 19.7 Å². The normalized spacial score (nSPS) is 14.1. The number of carboxylic acid groups (broad SMARTS) is 1. The molecule has 0 fully saturated rings. The Morgan fingerprint density at radius 3 is 2.56 bits per heavy atom. The van der Waals surface area contributed by atoms with Gasteiger partial charge in [0.1, 0.15) is 0 Å². The van der Waals surface area contributed by atoms with Crippen LogP contribution in [0.15, 0.2) is 30.3 Å². The predicted octanol–water partition coefficient (Wildman–Crippen LogP) is 2.42. The molecule has 0 aliphatic rings. The number of aliphatic carboxylic acids is 1. The van der Waals surface area contributed by atoms with Gasteiger partial charge in [-0.15, -0.1) is 11.3 Å². The molecular weight excluding hydrogens is 252 g/mol. The first-order valence-corrected chi connectivity index (χ1v) is 6.12. The highest BCUT2D eigenvalue weighted by Crippen LogP contribution is 2.35. The van der Waals surface area contributed by atoms with Crippen molar-refractivity contribution in [2.24, 2.45) is 0 Å². The summed E-state index contributed by atoms with van der Waals surface area (Å²) >= 11 is 1.29. The summed E-state index contributed by atoms with van der Waals surface area (Å²) in [5.41, 5.74) is -1.65. The Labute approximate surface area is 108 Å². The number of rotatable bonds is 3. The number of hydrogen-bond acceptors (Lipinski definition) is 4. The van der Waals surface area contributed by atoms with Crippen molar-refractivity contribution < 1.29 is 19.4 Å².